The predicted molar refractivity (Wildman–Crippen MR) is 102 cm³/mol. The van der Waals surface area contributed by atoms with Crippen molar-refractivity contribution < 1.29 is 10.2 Å². The summed E-state index contributed by atoms with van der Waals surface area (Å²) in [6.45, 7) is 10.7. The van der Waals surface area contributed by atoms with E-state index in [1.54, 1.807) is 0 Å². The van der Waals surface area contributed by atoms with Crippen LogP contribution >= 0.6 is 22.7 Å². The largest absolute Gasteiger partial charge is 0.346 e. The van der Waals surface area contributed by atoms with Crippen molar-refractivity contribution in [2.75, 3.05) is 31.3 Å². The molecule has 0 unspecified atom stereocenters. The van der Waals surface area contributed by atoms with Crippen LogP contribution in [0.15, 0.2) is 0 Å². The molecule has 128 valence electrons. The molecule has 0 aromatic rings. The third-order valence-corrected chi connectivity index (χ3v) is 5.32. The number of aliphatic hydroxyl groups is 2. The summed E-state index contributed by atoms with van der Waals surface area (Å²) in [7, 11) is 0. The molecule has 0 rings (SSSR count). The summed E-state index contributed by atoms with van der Waals surface area (Å²) >= 11 is 1.96. The van der Waals surface area contributed by atoms with E-state index in [0.717, 1.165) is 73.0 Å². The normalized spacial score (nSPS) is 14.3. The van der Waals surface area contributed by atoms with Crippen LogP contribution in [0.3, 0.4) is 0 Å². The predicted octanol–water partition coefficient (Wildman–Crippen LogP) is 3.41. The quantitative estimate of drug-likeness (QED) is 0.280. The molecule has 0 saturated carbocycles. The fourth-order valence-electron chi connectivity index (χ4n) is 1.84. The third kappa shape index (κ3) is 9.81. The number of aliphatic hydroxyl groups excluding tert-OH is 2. The summed E-state index contributed by atoms with van der Waals surface area (Å²) in [6, 6.07) is 0. The molecule has 0 saturated heterocycles. The van der Waals surface area contributed by atoms with E-state index in [-0.39, 0.29) is 0 Å². The van der Waals surface area contributed by atoms with Crippen LogP contribution in [0.5, 0.6) is 0 Å². The van der Waals surface area contributed by atoms with Gasteiger partial charge in [0, 0.05) is 13.1 Å². The number of hydrogen-bond acceptors (Lipinski definition) is 0. The monoisotopic (exact) mass is 338 g/mol. The maximum Gasteiger partial charge on any atom is 0.143 e. The van der Waals surface area contributed by atoms with Crippen molar-refractivity contribution in [3.63, 3.8) is 0 Å². The Morgan fingerprint density at radius 2 is 1.10 bits per heavy atom. The molecule has 0 aromatic heterocycles. The molecule has 6 heteroatoms. The zero-order valence-electron chi connectivity index (χ0n) is 14.0. The lowest BCUT2D eigenvalue weighted by atomic mass is 10.4. The van der Waals surface area contributed by atoms with Gasteiger partial charge in [0.15, 0.2) is 0 Å². The number of rotatable bonds is 10. The molecule has 0 fully saturated rings. The first-order chi connectivity index (χ1) is 10.1. The van der Waals surface area contributed by atoms with Gasteiger partial charge in [0.05, 0.1) is 6.67 Å². The van der Waals surface area contributed by atoms with Crippen molar-refractivity contribution in [1.29, 1.82) is 0 Å². The Hall–Kier alpha value is 0.280. The Balaban J connectivity index is 4.87. The highest BCUT2D eigenvalue weighted by atomic mass is 32.1. The number of hydrogen-bond donors (Lipinski definition) is 4. The maximum absolute atomic E-state index is 10.3. The van der Waals surface area contributed by atoms with Crippen LogP contribution in [0.4, 0.5) is 0 Å². The Morgan fingerprint density at radius 1 is 0.714 bits per heavy atom. The van der Waals surface area contributed by atoms with Crippen molar-refractivity contribution in [3.8, 4) is 0 Å². The zero-order chi connectivity index (χ0) is 16.1. The molecule has 21 heavy (non-hydrogen) atoms. The Labute approximate surface area is 138 Å². The van der Waals surface area contributed by atoms with Crippen LogP contribution in [0.2, 0.25) is 0 Å². The molecule has 0 aliphatic rings. The van der Waals surface area contributed by atoms with Crippen LogP contribution in [-0.4, -0.2) is 61.6 Å². The van der Waals surface area contributed by atoms with E-state index < -0.39 is 0 Å². The lowest BCUT2D eigenvalue weighted by Crippen LogP contribution is -2.44. The highest BCUT2D eigenvalue weighted by Crippen LogP contribution is 2.06. The van der Waals surface area contributed by atoms with Gasteiger partial charge in [0.25, 0.3) is 0 Å². The zero-order valence-corrected chi connectivity index (χ0v) is 15.8. The second-order valence-electron chi connectivity index (χ2n) is 5.03. The lowest BCUT2D eigenvalue weighted by Gasteiger charge is -2.29. The molecular formula is C15H34N2O2S2. The molecule has 0 bridgehead atoms. The molecule has 0 radical (unpaired) electrons. The highest BCUT2D eigenvalue weighted by Gasteiger charge is 2.15. The van der Waals surface area contributed by atoms with Gasteiger partial charge in [-0.2, -0.15) is 22.7 Å². The molecule has 0 aromatic carbocycles. The van der Waals surface area contributed by atoms with E-state index in [9.17, 15) is 10.2 Å². The van der Waals surface area contributed by atoms with Gasteiger partial charge in [-0.3, -0.25) is 0 Å². The molecule has 0 heterocycles. The summed E-state index contributed by atoms with van der Waals surface area (Å²) < 4.78 is 0. The van der Waals surface area contributed by atoms with E-state index in [1.807, 2.05) is 9.80 Å². The van der Waals surface area contributed by atoms with E-state index in [2.05, 4.69) is 27.7 Å². The first-order valence-electron chi connectivity index (χ1n) is 8.07. The van der Waals surface area contributed by atoms with Crippen molar-refractivity contribution >= 4 is 33.1 Å². The fourth-order valence-corrected chi connectivity index (χ4v) is 3.41. The fraction of sp³-hybridized carbons (Fsp3) is 0.867. The van der Waals surface area contributed by atoms with Gasteiger partial charge in [-0.05, 0) is 37.2 Å². The van der Waals surface area contributed by atoms with Crippen LogP contribution in [0.1, 0.15) is 53.4 Å². The van der Waals surface area contributed by atoms with Gasteiger partial charge in [0.1, 0.15) is 10.3 Å². The summed E-state index contributed by atoms with van der Waals surface area (Å²) in [4.78, 5) is 3.98. The summed E-state index contributed by atoms with van der Waals surface area (Å²) in [5, 5.41) is 21.4. The standard InChI is InChI=1S/C15H34N2O2S2/c1-5-9-16(14(18)20-11-7-3)13-17(10-6-2)15(19)21-12-8-4/h18-21H,5-13H2,1-4H3. The maximum atomic E-state index is 10.3. The van der Waals surface area contributed by atoms with E-state index >= 15 is 0 Å². The van der Waals surface area contributed by atoms with E-state index in [4.69, 9.17) is 0 Å². The van der Waals surface area contributed by atoms with Gasteiger partial charge in [-0.25, -0.2) is 9.80 Å². The van der Waals surface area contributed by atoms with Gasteiger partial charge >= 0.3 is 0 Å². The van der Waals surface area contributed by atoms with Gasteiger partial charge in [-0.1, -0.05) is 27.7 Å². The molecule has 0 amide bonds. The van der Waals surface area contributed by atoms with Crippen molar-refractivity contribution in [2.45, 2.75) is 53.4 Å². The Kier molecular flexibility index (Phi) is 14.1. The first kappa shape index (κ1) is 21.3. The summed E-state index contributed by atoms with van der Waals surface area (Å²) in [5.74, 6) is 1.95. The summed E-state index contributed by atoms with van der Waals surface area (Å²) in [5.41, 5.74) is 0. The second kappa shape index (κ2) is 13.9. The van der Waals surface area contributed by atoms with Crippen LogP contribution in [-0.2, 0) is 0 Å². The minimum absolute atomic E-state index is 0.430. The summed E-state index contributed by atoms with van der Waals surface area (Å²) in [6.07, 6.45) is 4.10. The van der Waals surface area contributed by atoms with Crippen LogP contribution < -0.4 is 0 Å². The van der Waals surface area contributed by atoms with Crippen LogP contribution in [0.25, 0.3) is 0 Å². The topological polar surface area (TPSA) is 46.9 Å². The molecule has 0 atom stereocenters. The van der Waals surface area contributed by atoms with Crippen molar-refractivity contribution in [1.82, 2.24) is 9.80 Å². The van der Waals surface area contributed by atoms with Gasteiger partial charge < -0.3 is 10.2 Å². The SMILES string of the molecule is CCC[SH]=C(O)N(CCC)CN(CCC)C(O)=[SH]CCC. The number of nitrogens with zero attached hydrogens (tertiary/aromatic N) is 2. The van der Waals surface area contributed by atoms with Crippen molar-refractivity contribution in [3.05, 3.63) is 0 Å². The second-order valence-corrected chi connectivity index (χ2v) is 7.36. The molecule has 2 N–H and O–H groups in total. The van der Waals surface area contributed by atoms with Gasteiger partial charge in [-0.15, -0.1) is 0 Å². The highest BCUT2D eigenvalue weighted by molar-refractivity contribution is 7.98. The minimum atomic E-state index is 0.430. The smallest absolute Gasteiger partial charge is 0.143 e. The van der Waals surface area contributed by atoms with Gasteiger partial charge in [0.2, 0.25) is 0 Å². The van der Waals surface area contributed by atoms with Crippen LogP contribution in [0, 0.1) is 0 Å². The Bertz CT molecular complexity index is 293. The molecule has 4 nitrogen and oxygen atoms in total. The van der Waals surface area contributed by atoms with E-state index in [0.29, 0.717) is 17.0 Å². The minimum Gasteiger partial charge on any atom is -0.346 e. The van der Waals surface area contributed by atoms with E-state index in [1.165, 1.54) is 0 Å². The molecular weight excluding hydrogens is 304 g/mol. The molecule has 0 aliphatic heterocycles. The molecule has 0 spiro atoms. The third-order valence-electron chi connectivity index (χ3n) is 2.85. The first-order valence-corrected chi connectivity index (χ1v) is 10.2. The Morgan fingerprint density at radius 3 is 1.38 bits per heavy atom. The number of thiol groups is 2. The van der Waals surface area contributed by atoms with Crippen molar-refractivity contribution in [2.24, 2.45) is 0 Å². The lowest BCUT2D eigenvalue weighted by molar-refractivity contribution is 0.221. The average molecular weight is 339 g/mol. The molecule has 0 aliphatic carbocycles. The average Bonchev–Trinajstić information content (AvgIpc) is 2.48.